The quantitative estimate of drug-likeness (QED) is 0.289. The van der Waals surface area contributed by atoms with E-state index in [0.29, 0.717) is 11.5 Å². The van der Waals surface area contributed by atoms with Gasteiger partial charge in [-0.25, -0.2) is 14.8 Å². The van der Waals surface area contributed by atoms with Crippen molar-refractivity contribution in [3.63, 3.8) is 0 Å². The lowest BCUT2D eigenvalue weighted by atomic mass is 10.1. The van der Waals surface area contributed by atoms with Crippen LogP contribution < -0.4 is 16.4 Å². The number of nitrogens with zero attached hydrogens (tertiary/aromatic N) is 5. The summed E-state index contributed by atoms with van der Waals surface area (Å²) in [7, 11) is 0. The third kappa shape index (κ3) is 5.51. The summed E-state index contributed by atoms with van der Waals surface area (Å²) < 4.78 is 0. The number of fused-ring (bicyclic) bond motifs is 1. The second-order valence-electron chi connectivity index (χ2n) is 6.33. The van der Waals surface area contributed by atoms with E-state index in [1.54, 1.807) is 0 Å². The summed E-state index contributed by atoms with van der Waals surface area (Å²) in [6.45, 7) is 0. The molecular weight excluding hydrogens is 428 g/mol. The summed E-state index contributed by atoms with van der Waals surface area (Å²) >= 11 is 5.09. The first kappa shape index (κ1) is 21.6. The molecule has 2 aliphatic heterocycles. The fraction of sp³-hybridized carbons (Fsp3) is 0.235. The maximum absolute atomic E-state index is 12.2. The first-order chi connectivity index (χ1) is 14.7. The third-order valence-electron chi connectivity index (χ3n) is 4.08. The van der Waals surface area contributed by atoms with Gasteiger partial charge in [-0.1, -0.05) is 12.2 Å². The van der Waals surface area contributed by atoms with Crippen LogP contribution in [0.5, 0.6) is 0 Å². The molecule has 2 aliphatic rings. The third-order valence-corrected chi connectivity index (χ3v) is 4.39. The molecule has 6 N–H and O–H groups in total. The van der Waals surface area contributed by atoms with Crippen LogP contribution in [0.15, 0.2) is 49.5 Å². The zero-order valence-electron chi connectivity index (χ0n) is 15.7. The number of nitrogens with one attached hydrogen (secondary N) is 2. The van der Waals surface area contributed by atoms with E-state index < -0.39 is 29.9 Å². The molecule has 14 heteroatoms. The average molecular weight is 444 g/mol. The van der Waals surface area contributed by atoms with Gasteiger partial charge in [-0.3, -0.25) is 9.59 Å². The number of carboxylic acid groups (broad SMARTS) is 2. The van der Waals surface area contributed by atoms with Crippen LogP contribution in [-0.4, -0.2) is 62.9 Å². The number of guanidine groups is 2. The van der Waals surface area contributed by atoms with Gasteiger partial charge >= 0.3 is 11.9 Å². The van der Waals surface area contributed by atoms with E-state index in [0.717, 1.165) is 0 Å². The van der Waals surface area contributed by atoms with Crippen LogP contribution >= 0.6 is 12.2 Å². The van der Waals surface area contributed by atoms with Gasteiger partial charge in [0, 0.05) is 12.0 Å². The van der Waals surface area contributed by atoms with Gasteiger partial charge in [-0.15, -0.1) is 10.2 Å². The molecule has 0 fully saturated rings. The Hall–Kier alpha value is -4.07. The number of aliphatic imine (C=N–C) groups is 3. The fourth-order valence-corrected chi connectivity index (χ4v) is 2.84. The Morgan fingerprint density at radius 2 is 1.90 bits per heavy atom. The van der Waals surface area contributed by atoms with Crippen molar-refractivity contribution in [1.29, 1.82) is 0 Å². The van der Waals surface area contributed by atoms with E-state index >= 15 is 0 Å². The zero-order valence-corrected chi connectivity index (χ0v) is 16.5. The predicted molar refractivity (Wildman–Crippen MR) is 113 cm³/mol. The number of amidine groups is 1. The Morgan fingerprint density at radius 1 is 1.19 bits per heavy atom. The molecule has 3 rings (SSSR count). The predicted octanol–water partition coefficient (Wildman–Crippen LogP) is 0.200. The first-order valence-corrected chi connectivity index (χ1v) is 9.22. The van der Waals surface area contributed by atoms with Crippen LogP contribution in [0.2, 0.25) is 0 Å². The summed E-state index contributed by atoms with van der Waals surface area (Å²) in [5.41, 5.74) is 6.14. The van der Waals surface area contributed by atoms with E-state index in [1.165, 1.54) is 24.3 Å². The molecule has 0 saturated heterocycles. The minimum atomic E-state index is -1.32. The van der Waals surface area contributed by atoms with Crippen LogP contribution in [0.3, 0.4) is 0 Å². The minimum absolute atomic E-state index is 0.0734. The summed E-state index contributed by atoms with van der Waals surface area (Å²) in [4.78, 5) is 46.5. The van der Waals surface area contributed by atoms with Crippen molar-refractivity contribution >= 4 is 58.5 Å². The van der Waals surface area contributed by atoms with Gasteiger partial charge in [-0.05, 0) is 30.7 Å². The molecule has 13 nitrogen and oxygen atoms in total. The monoisotopic (exact) mass is 444 g/mol. The highest BCUT2D eigenvalue weighted by Crippen LogP contribution is 2.17. The van der Waals surface area contributed by atoms with E-state index in [2.05, 4.69) is 35.8 Å². The largest absolute Gasteiger partial charge is 0.481 e. The van der Waals surface area contributed by atoms with Crippen molar-refractivity contribution in [2.24, 2.45) is 30.9 Å². The molecule has 0 bridgehead atoms. The number of carbonyl (C=O) groups is 3. The standard InChI is InChI=1S/C17H16N8O5S/c18-16-21-12-11(14(31)23-16)20-17(22-12)25-24-8-3-1-7(2-4-8)13(28)19-9(15(29)30)5-6-10(26)27/h1-4,9,11H,5-6H2,(H,19,28)(H,26,27)(H,29,30)(H3,18,20,21,22,23,31). The molecule has 0 saturated carbocycles. The SMILES string of the molecule is NC1=NC(=S)C2N=C(N=Nc3ccc(C(=O)NC(CCC(=O)O)C(=O)O)cc3)N=C2N1. The number of carbonyl (C=O) groups excluding carboxylic acids is 1. The molecule has 1 aromatic rings. The molecule has 1 amide bonds. The van der Waals surface area contributed by atoms with Crippen molar-refractivity contribution in [3.8, 4) is 0 Å². The van der Waals surface area contributed by atoms with Crippen LogP contribution in [0.4, 0.5) is 5.69 Å². The number of azo groups is 1. The highest BCUT2D eigenvalue weighted by molar-refractivity contribution is 7.80. The molecule has 1 aromatic carbocycles. The molecule has 0 radical (unpaired) electrons. The molecule has 160 valence electrons. The zero-order chi connectivity index (χ0) is 22.5. The lowest BCUT2D eigenvalue weighted by molar-refractivity contribution is -0.140. The lowest BCUT2D eigenvalue weighted by Crippen LogP contribution is -2.48. The number of carboxylic acids is 2. The van der Waals surface area contributed by atoms with Crippen LogP contribution in [0.1, 0.15) is 23.2 Å². The van der Waals surface area contributed by atoms with Crippen molar-refractivity contribution < 1.29 is 24.6 Å². The molecule has 2 unspecified atom stereocenters. The smallest absolute Gasteiger partial charge is 0.326 e. The minimum Gasteiger partial charge on any atom is -0.481 e. The number of hydrogen-bond acceptors (Lipinski definition) is 10. The number of nitrogens with two attached hydrogens (primary N) is 1. The molecule has 0 spiro atoms. The highest BCUT2D eigenvalue weighted by Gasteiger charge is 2.31. The average Bonchev–Trinajstić information content (AvgIpc) is 3.12. The Kier molecular flexibility index (Phi) is 6.40. The lowest BCUT2D eigenvalue weighted by Gasteiger charge is -2.16. The van der Waals surface area contributed by atoms with E-state index in [4.69, 9.17) is 28.2 Å². The van der Waals surface area contributed by atoms with E-state index in [9.17, 15) is 14.4 Å². The Morgan fingerprint density at radius 3 is 2.55 bits per heavy atom. The summed E-state index contributed by atoms with van der Waals surface area (Å²) in [5.74, 6) is -2.52. The van der Waals surface area contributed by atoms with Gasteiger partial charge in [0.05, 0.1) is 5.69 Å². The van der Waals surface area contributed by atoms with Gasteiger partial charge in [0.1, 0.15) is 16.9 Å². The fourth-order valence-electron chi connectivity index (χ4n) is 2.58. The van der Waals surface area contributed by atoms with E-state index in [1.807, 2.05) is 0 Å². The van der Waals surface area contributed by atoms with Crippen LogP contribution in [0, 0.1) is 0 Å². The van der Waals surface area contributed by atoms with Gasteiger partial charge in [0.2, 0.25) is 0 Å². The molecule has 2 heterocycles. The number of benzene rings is 1. The topological polar surface area (TPSA) is 204 Å². The Balaban J connectivity index is 1.62. The van der Waals surface area contributed by atoms with Crippen molar-refractivity contribution in [3.05, 3.63) is 29.8 Å². The summed E-state index contributed by atoms with van der Waals surface area (Å²) in [6.07, 6.45) is -0.617. The van der Waals surface area contributed by atoms with Crippen molar-refractivity contribution in [2.75, 3.05) is 0 Å². The Labute approximate surface area is 179 Å². The second-order valence-corrected chi connectivity index (χ2v) is 6.75. The number of thiocarbonyl (C=S) groups is 1. The van der Waals surface area contributed by atoms with Gasteiger partial charge in [0.15, 0.2) is 12.0 Å². The molecule has 0 aromatic heterocycles. The van der Waals surface area contributed by atoms with Crippen molar-refractivity contribution in [2.45, 2.75) is 24.9 Å². The maximum atomic E-state index is 12.2. The number of rotatable bonds is 7. The number of hydrogen-bond donors (Lipinski definition) is 5. The summed E-state index contributed by atoms with van der Waals surface area (Å²) in [6, 6.07) is 3.95. The second kappa shape index (κ2) is 9.17. The van der Waals surface area contributed by atoms with E-state index in [-0.39, 0.29) is 35.3 Å². The first-order valence-electron chi connectivity index (χ1n) is 8.81. The van der Waals surface area contributed by atoms with Gasteiger partial charge in [0.25, 0.3) is 11.9 Å². The molecule has 0 aliphatic carbocycles. The summed E-state index contributed by atoms with van der Waals surface area (Å²) in [5, 5.41) is 30.8. The van der Waals surface area contributed by atoms with Crippen LogP contribution in [-0.2, 0) is 9.59 Å². The van der Waals surface area contributed by atoms with Gasteiger partial charge in [-0.2, -0.15) is 4.99 Å². The van der Waals surface area contributed by atoms with Crippen LogP contribution in [0.25, 0.3) is 0 Å². The molecular formula is C17H16N8O5S. The normalized spacial score (nSPS) is 18.4. The van der Waals surface area contributed by atoms with Gasteiger partial charge < -0.3 is 26.6 Å². The number of aliphatic carboxylic acids is 2. The molecule has 2 atom stereocenters. The number of amides is 1. The highest BCUT2D eigenvalue weighted by atomic mass is 32.1. The Bertz CT molecular complexity index is 1060. The molecule has 31 heavy (non-hydrogen) atoms. The van der Waals surface area contributed by atoms with Crippen molar-refractivity contribution in [1.82, 2.24) is 10.6 Å². The maximum Gasteiger partial charge on any atom is 0.326 e.